The van der Waals surface area contributed by atoms with Gasteiger partial charge < -0.3 is 25.2 Å². The lowest BCUT2D eigenvalue weighted by molar-refractivity contribution is -0.287. The van der Waals surface area contributed by atoms with Crippen LogP contribution < -0.4 is 20.1 Å². The molecule has 3 rings (SSSR count). The van der Waals surface area contributed by atoms with Crippen molar-refractivity contribution in [3.05, 3.63) is 59.2 Å². The summed E-state index contributed by atoms with van der Waals surface area (Å²) in [5.41, 5.74) is -2.91. The maximum absolute atomic E-state index is 14.0. The molecule has 1 heterocycles. The van der Waals surface area contributed by atoms with Gasteiger partial charge in [0, 0.05) is 5.56 Å². The second-order valence-electron chi connectivity index (χ2n) is 7.16. The van der Waals surface area contributed by atoms with Gasteiger partial charge in [-0.05, 0) is 24.6 Å². The van der Waals surface area contributed by atoms with Crippen LogP contribution in [0.5, 0.6) is 11.5 Å². The fourth-order valence-electron chi connectivity index (χ4n) is 3.56. The molecule has 1 aliphatic heterocycles. The van der Waals surface area contributed by atoms with Crippen molar-refractivity contribution in [2.24, 2.45) is 5.92 Å². The van der Waals surface area contributed by atoms with Crippen LogP contribution in [0, 0.1) is 12.8 Å². The summed E-state index contributed by atoms with van der Waals surface area (Å²) in [6, 6.07) is 7.28. The summed E-state index contributed by atoms with van der Waals surface area (Å²) in [5, 5.41) is 14.4. The van der Waals surface area contributed by atoms with Gasteiger partial charge in [0.2, 0.25) is 5.72 Å². The molecule has 3 N–H and O–H groups in total. The molecule has 2 aromatic carbocycles. The van der Waals surface area contributed by atoms with Crippen LogP contribution in [0.1, 0.15) is 27.5 Å². The molecule has 0 aromatic heterocycles. The second kappa shape index (κ2) is 8.10. The summed E-state index contributed by atoms with van der Waals surface area (Å²) in [5.74, 6) is -2.62. The minimum Gasteiger partial charge on any atom is -0.493 e. The Morgan fingerprint density at radius 1 is 1.06 bits per heavy atom. The lowest BCUT2D eigenvalue weighted by Gasteiger charge is -2.45. The minimum atomic E-state index is -5.33. The van der Waals surface area contributed by atoms with E-state index in [1.54, 1.807) is 19.1 Å². The van der Waals surface area contributed by atoms with Crippen molar-refractivity contribution in [2.45, 2.75) is 24.9 Å². The monoisotopic (exact) mass is 438 g/mol. The summed E-state index contributed by atoms with van der Waals surface area (Å²) in [6.07, 6.45) is -5.33. The number of urea groups is 1. The number of carbonyl (C=O) groups excluding carboxylic acids is 2. The molecule has 1 saturated heterocycles. The standard InChI is InChI=1S/C21H21F3N2O5/c1-11-4-6-12(7-5-11)18(27)16-17(13-8-9-14(30-2)15(10-13)31-3)25-19(28)26-20(16,29)21(22,23)24/h4-10,16-17,29H,1-3H3,(H2,25,26,28). The summed E-state index contributed by atoms with van der Waals surface area (Å²) in [7, 11) is 2.72. The summed E-state index contributed by atoms with van der Waals surface area (Å²) >= 11 is 0. The number of nitrogens with one attached hydrogen (secondary N) is 2. The van der Waals surface area contributed by atoms with Crippen molar-refractivity contribution in [2.75, 3.05) is 14.2 Å². The van der Waals surface area contributed by atoms with Crippen molar-refractivity contribution < 1.29 is 37.3 Å². The first-order valence-electron chi connectivity index (χ1n) is 9.22. The molecule has 166 valence electrons. The molecule has 2 amide bonds. The van der Waals surface area contributed by atoms with E-state index in [0.29, 0.717) is 5.75 Å². The largest absolute Gasteiger partial charge is 0.493 e. The van der Waals surface area contributed by atoms with Crippen LogP contribution in [0.3, 0.4) is 0 Å². The van der Waals surface area contributed by atoms with Gasteiger partial charge in [0.1, 0.15) is 5.92 Å². The van der Waals surface area contributed by atoms with E-state index in [2.05, 4.69) is 5.32 Å². The normalized spacial score (nSPS) is 23.5. The third kappa shape index (κ3) is 4.02. The second-order valence-corrected chi connectivity index (χ2v) is 7.16. The summed E-state index contributed by atoms with van der Waals surface area (Å²) < 4.78 is 52.2. The lowest BCUT2D eigenvalue weighted by atomic mass is 9.77. The third-order valence-corrected chi connectivity index (χ3v) is 5.19. The van der Waals surface area contributed by atoms with Crippen molar-refractivity contribution in [3.63, 3.8) is 0 Å². The highest BCUT2D eigenvalue weighted by Crippen LogP contribution is 2.45. The number of rotatable bonds is 5. The Kier molecular flexibility index (Phi) is 5.86. The number of hydrogen-bond donors (Lipinski definition) is 3. The number of ketones is 1. The predicted molar refractivity (Wildman–Crippen MR) is 104 cm³/mol. The number of aryl methyl sites for hydroxylation is 1. The zero-order valence-electron chi connectivity index (χ0n) is 16.9. The SMILES string of the molecule is COc1ccc(C2NC(=O)NC(O)(C(F)(F)F)C2C(=O)c2ccc(C)cc2)cc1OC. The van der Waals surface area contributed by atoms with Gasteiger partial charge >= 0.3 is 12.2 Å². The molecule has 0 radical (unpaired) electrons. The van der Waals surface area contributed by atoms with E-state index >= 15 is 0 Å². The molecule has 0 bridgehead atoms. The Morgan fingerprint density at radius 3 is 2.23 bits per heavy atom. The topological polar surface area (TPSA) is 96.9 Å². The van der Waals surface area contributed by atoms with E-state index in [1.165, 1.54) is 49.9 Å². The van der Waals surface area contributed by atoms with Gasteiger partial charge in [-0.2, -0.15) is 13.2 Å². The fourth-order valence-corrected chi connectivity index (χ4v) is 3.56. The van der Waals surface area contributed by atoms with Gasteiger partial charge in [-0.25, -0.2) is 4.79 Å². The fraction of sp³-hybridized carbons (Fsp3) is 0.333. The number of aliphatic hydroxyl groups is 1. The van der Waals surface area contributed by atoms with Crippen molar-refractivity contribution in [3.8, 4) is 11.5 Å². The number of ether oxygens (including phenoxy) is 2. The highest BCUT2D eigenvalue weighted by Gasteiger charge is 2.66. The Bertz CT molecular complexity index is 993. The van der Waals surface area contributed by atoms with Crippen molar-refractivity contribution >= 4 is 11.8 Å². The molecule has 0 saturated carbocycles. The zero-order chi connectivity index (χ0) is 23.0. The zero-order valence-corrected chi connectivity index (χ0v) is 16.9. The first kappa shape index (κ1) is 22.4. The van der Waals surface area contributed by atoms with Crippen LogP contribution >= 0.6 is 0 Å². The molecule has 0 spiro atoms. The highest BCUT2D eigenvalue weighted by atomic mass is 19.4. The first-order chi connectivity index (χ1) is 14.5. The molecule has 10 heteroatoms. The number of carbonyl (C=O) groups is 2. The Hall–Kier alpha value is -3.27. The molecule has 31 heavy (non-hydrogen) atoms. The van der Waals surface area contributed by atoms with E-state index in [4.69, 9.17) is 9.47 Å². The van der Waals surface area contributed by atoms with Crippen LogP contribution in [0.25, 0.3) is 0 Å². The predicted octanol–water partition coefficient (Wildman–Crippen LogP) is 3.12. The Morgan fingerprint density at radius 2 is 1.68 bits per heavy atom. The van der Waals surface area contributed by atoms with E-state index in [-0.39, 0.29) is 16.9 Å². The summed E-state index contributed by atoms with van der Waals surface area (Å²) in [6.45, 7) is 1.76. The van der Waals surface area contributed by atoms with E-state index in [1.807, 2.05) is 0 Å². The van der Waals surface area contributed by atoms with Crippen LogP contribution in [0.2, 0.25) is 0 Å². The van der Waals surface area contributed by atoms with E-state index < -0.39 is 35.7 Å². The first-order valence-corrected chi connectivity index (χ1v) is 9.22. The molecule has 3 atom stereocenters. The Balaban J connectivity index is 2.18. The molecule has 1 aliphatic rings. The van der Waals surface area contributed by atoms with Crippen molar-refractivity contribution in [1.82, 2.24) is 10.6 Å². The van der Waals surface area contributed by atoms with Gasteiger partial charge in [0.15, 0.2) is 17.3 Å². The molecule has 0 aliphatic carbocycles. The van der Waals surface area contributed by atoms with Gasteiger partial charge in [-0.1, -0.05) is 35.9 Å². The molecule has 1 fully saturated rings. The lowest BCUT2D eigenvalue weighted by Crippen LogP contribution is -2.72. The number of halogens is 3. The van der Waals surface area contributed by atoms with Gasteiger partial charge in [0.05, 0.1) is 20.3 Å². The molecule has 7 nitrogen and oxygen atoms in total. The van der Waals surface area contributed by atoms with Gasteiger partial charge in [-0.15, -0.1) is 0 Å². The smallest absolute Gasteiger partial charge is 0.437 e. The van der Waals surface area contributed by atoms with E-state index in [9.17, 15) is 27.9 Å². The average Bonchev–Trinajstić information content (AvgIpc) is 2.72. The number of amides is 2. The third-order valence-electron chi connectivity index (χ3n) is 5.19. The molecule has 2 aromatic rings. The Labute approximate surface area is 176 Å². The van der Waals surface area contributed by atoms with Crippen molar-refractivity contribution in [1.29, 1.82) is 0 Å². The number of alkyl halides is 3. The average molecular weight is 438 g/mol. The van der Waals surface area contributed by atoms with E-state index in [0.717, 1.165) is 5.56 Å². The summed E-state index contributed by atoms with van der Waals surface area (Å²) in [4.78, 5) is 25.3. The van der Waals surface area contributed by atoms with Crippen LogP contribution in [0.15, 0.2) is 42.5 Å². The molecule has 3 unspecified atom stereocenters. The van der Waals surface area contributed by atoms with Crippen LogP contribution in [0.4, 0.5) is 18.0 Å². The minimum absolute atomic E-state index is 0.0401. The van der Waals surface area contributed by atoms with Crippen LogP contribution in [-0.2, 0) is 0 Å². The quantitative estimate of drug-likeness (QED) is 0.624. The number of methoxy groups -OCH3 is 2. The maximum Gasteiger partial charge on any atom is 0.437 e. The number of hydrogen-bond acceptors (Lipinski definition) is 5. The highest BCUT2D eigenvalue weighted by molar-refractivity contribution is 6.00. The number of Topliss-reactive ketones (excluding diaryl/α,β-unsaturated/α-hetero) is 1. The molecular formula is C21H21F3N2O5. The van der Waals surface area contributed by atoms with Gasteiger partial charge in [-0.3, -0.25) is 4.79 Å². The van der Waals surface area contributed by atoms with Crippen LogP contribution in [-0.4, -0.2) is 43.0 Å². The maximum atomic E-state index is 14.0. The molecular weight excluding hydrogens is 417 g/mol. The number of benzene rings is 2. The van der Waals surface area contributed by atoms with Gasteiger partial charge in [0.25, 0.3) is 0 Å².